The number of aromatic nitrogens is 1. The van der Waals surface area contributed by atoms with Crippen molar-refractivity contribution >= 4 is 0 Å². The number of hydrogen-bond donors (Lipinski definition) is 1. The van der Waals surface area contributed by atoms with Crippen molar-refractivity contribution in [2.75, 3.05) is 6.54 Å². The number of pyridine rings is 1. The van der Waals surface area contributed by atoms with Crippen molar-refractivity contribution in [2.24, 2.45) is 11.8 Å². The van der Waals surface area contributed by atoms with E-state index in [1.54, 1.807) is 0 Å². The topological polar surface area (TPSA) is 34.2 Å². The molecule has 1 aromatic rings. The molecule has 1 aliphatic carbocycles. The number of nitrogens with zero attached hydrogens (tertiary/aromatic N) is 1. The van der Waals surface area contributed by atoms with Gasteiger partial charge < -0.3 is 10.1 Å². The summed E-state index contributed by atoms with van der Waals surface area (Å²) in [7, 11) is 0. The first kappa shape index (κ1) is 15.3. The zero-order valence-corrected chi connectivity index (χ0v) is 13.2. The molecule has 20 heavy (non-hydrogen) atoms. The van der Waals surface area contributed by atoms with Crippen molar-refractivity contribution in [3.63, 3.8) is 0 Å². The smallest absolute Gasteiger partial charge is 0.218 e. The van der Waals surface area contributed by atoms with Gasteiger partial charge in [-0.05, 0) is 50.6 Å². The molecule has 0 bridgehead atoms. The van der Waals surface area contributed by atoms with Gasteiger partial charge in [0.2, 0.25) is 5.88 Å². The molecular weight excluding hydrogens is 248 g/mol. The predicted molar refractivity (Wildman–Crippen MR) is 82.9 cm³/mol. The van der Waals surface area contributed by atoms with Crippen LogP contribution in [0.3, 0.4) is 0 Å². The summed E-state index contributed by atoms with van der Waals surface area (Å²) in [5.41, 5.74) is 1.17. The second-order valence-electron chi connectivity index (χ2n) is 6.18. The Balaban J connectivity index is 2.05. The molecule has 0 radical (unpaired) electrons. The van der Waals surface area contributed by atoms with Gasteiger partial charge >= 0.3 is 0 Å². The third-order valence-corrected chi connectivity index (χ3v) is 4.61. The summed E-state index contributed by atoms with van der Waals surface area (Å²) >= 11 is 0. The summed E-state index contributed by atoms with van der Waals surface area (Å²) in [6.07, 6.45) is 5.70. The van der Waals surface area contributed by atoms with Crippen LogP contribution in [0.4, 0.5) is 0 Å². The van der Waals surface area contributed by atoms with E-state index in [2.05, 4.69) is 44.1 Å². The van der Waals surface area contributed by atoms with E-state index in [0.717, 1.165) is 37.1 Å². The van der Waals surface area contributed by atoms with Crippen molar-refractivity contribution in [1.29, 1.82) is 0 Å². The molecule has 112 valence electrons. The maximum absolute atomic E-state index is 6.22. The summed E-state index contributed by atoms with van der Waals surface area (Å²) in [6, 6.07) is 4.38. The summed E-state index contributed by atoms with van der Waals surface area (Å²) in [5.74, 6) is 2.37. The van der Waals surface area contributed by atoms with Gasteiger partial charge in [0.15, 0.2) is 0 Å². The monoisotopic (exact) mass is 276 g/mol. The lowest BCUT2D eigenvalue weighted by Crippen LogP contribution is -2.29. The lowest BCUT2D eigenvalue weighted by atomic mass is 9.80. The van der Waals surface area contributed by atoms with Crippen LogP contribution in [0.1, 0.15) is 58.6 Å². The van der Waals surface area contributed by atoms with Crippen LogP contribution in [-0.2, 0) is 0 Å². The van der Waals surface area contributed by atoms with E-state index in [9.17, 15) is 0 Å². The maximum atomic E-state index is 6.22. The fourth-order valence-corrected chi connectivity index (χ4v) is 3.01. The van der Waals surface area contributed by atoms with Crippen molar-refractivity contribution in [2.45, 2.75) is 59.1 Å². The molecule has 1 saturated carbocycles. The third-order valence-electron chi connectivity index (χ3n) is 4.61. The third kappa shape index (κ3) is 3.72. The predicted octanol–water partition coefficient (Wildman–Crippen LogP) is 3.96. The Morgan fingerprint density at radius 2 is 2.15 bits per heavy atom. The molecule has 3 heteroatoms. The molecule has 0 aliphatic heterocycles. The molecule has 1 N–H and O–H groups in total. The van der Waals surface area contributed by atoms with Crippen LogP contribution >= 0.6 is 0 Å². The highest BCUT2D eigenvalue weighted by Crippen LogP contribution is 2.33. The fraction of sp³-hybridized carbons (Fsp3) is 0.706. The average Bonchev–Trinajstić information content (AvgIpc) is 2.44. The first-order valence-corrected chi connectivity index (χ1v) is 7.96. The molecule has 3 nitrogen and oxygen atoms in total. The van der Waals surface area contributed by atoms with Crippen LogP contribution in [0.15, 0.2) is 18.3 Å². The zero-order valence-electron chi connectivity index (χ0n) is 13.2. The molecule has 2 rings (SSSR count). The van der Waals surface area contributed by atoms with Crippen LogP contribution in [0.2, 0.25) is 0 Å². The largest absolute Gasteiger partial charge is 0.474 e. The second-order valence-corrected chi connectivity index (χ2v) is 6.18. The first-order chi connectivity index (χ1) is 9.61. The van der Waals surface area contributed by atoms with Crippen molar-refractivity contribution < 1.29 is 4.74 Å². The summed E-state index contributed by atoms with van der Waals surface area (Å²) in [5, 5.41) is 3.44. The van der Waals surface area contributed by atoms with Crippen molar-refractivity contribution in [1.82, 2.24) is 10.3 Å². The quantitative estimate of drug-likeness (QED) is 0.884. The Morgan fingerprint density at radius 1 is 1.35 bits per heavy atom. The molecule has 0 amide bonds. The van der Waals surface area contributed by atoms with Gasteiger partial charge in [0, 0.05) is 17.8 Å². The lowest BCUT2D eigenvalue weighted by molar-refractivity contribution is 0.0949. The summed E-state index contributed by atoms with van der Waals surface area (Å²) < 4.78 is 6.22. The molecule has 1 heterocycles. The van der Waals surface area contributed by atoms with Gasteiger partial charge in [-0.2, -0.15) is 0 Å². The summed E-state index contributed by atoms with van der Waals surface area (Å²) in [6.45, 7) is 9.92. The summed E-state index contributed by atoms with van der Waals surface area (Å²) in [4.78, 5) is 4.46. The average molecular weight is 276 g/mol. The van der Waals surface area contributed by atoms with Gasteiger partial charge in [-0.1, -0.05) is 26.8 Å². The van der Waals surface area contributed by atoms with Gasteiger partial charge in [0.25, 0.3) is 0 Å². The van der Waals surface area contributed by atoms with Crippen molar-refractivity contribution in [3.8, 4) is 5.88 Å². The minimum Gasteiger partial charge on any atom is -0.474 e. The first-order valence-electron chi connectivity index (χ1n) is 7.96. The molecular formula is C17H28N2O. The molecule has 1 aliphatic rings. The second kappa shape index (κ2) is 7.07. The minimum absolute atomic E-state index is 0.281. The maximum Gasteiger partial charge on any atom is 0.218 e. The lowest BCUT2D eigenvalue weighted by Gasteiger charge is -2.32. The highest BCUT2D eigenvalue weighted by molar-refractivity contribution is 5.28. The zero-order chi connectivity index (χ0) is 14.5. The van der Waals surface area contributed by atoms with Gasteiger partial charge in [0.1, 0.15) is 6.10 Å². The van der Waals surface area contributed by atoms with E-state index in [-0.39, 0.29) is 6.04 Å². The fourth-order valence-electron chi connectivity index (χ4n) is 3.01. The Kier molecular flexibility index (Phi) is 5.41. The van der Waals surface area contributed by atoms with E-state index in [0.29, 0.717) is 6.10 Å². The standard InChI is InChI=1S/C17H28N2O/c1-5-18-14(4)16-7-6-10-19-17(16)20-15-9-8-12(2)13(3)11-15/h6-7,10,12-15,18H,5,8-9,11H2,1-4H3. The van der Waals surface area contributed by atoms with E-state index in [1.807, 2.05) is 12.3 Å². The Bertz CT molecular complexity index is 421. The molecule has 1 aromatic heterocycles. The van der Waals surface area contributed by atoms with Gasteiger partial charge in [-0.3, -0.25) is 0 Å². The number of hydrogen-bond acceptors (Lipinski definition) is 3. The van der Waals surface area contributed by atoms with E-state index < -0.39 is 0 Å². The van der Waals surface area contributed by atoms with E-state index in [1.165, 1.54) is 12.0 Å². The number of rotatable bonds is 5. The number of nitrogens with one attached hydrogen (secondary N) is 1. The highest BCUT2D eigenvalue weighted by atomic mass is 16.5. The normalized spacial score (nSPS) is 28.1. The van der Waals surface area contributed by atoms with Crippen LogP contribution in [-0.4, -0.2) is 17.6 Å². The minimum atomic E-state index is 0.281. The van der Waals surface area contributed by atoms with Crippen LogP contribution in [0.25, 0.3) is 0 Å². The molecule has 0 saturated heterocycles. The number of ether oxygens (including phenoxy) is 1. The molecule has 4 unspecified atom stereocenters. The van der Waals surface area contributed by atoms with Gasteiger partial charge in [-0.15, -0.1) is 0 Å². The molecule has 0 aromatic carbocycles. The van der Waals surface area contributed by atoms with E-state index >= 15 is 0 Å². The highest BCUT2D eigenvalue weighted by Gasteiger charge is 2.26. The van der Waals surface area contributed by atoms with Gasteiger partial charge in [-0.25, -0.2) is 4.98 Å². The Labute approximate surface area is 123 Å². The van der Waals surface area contributed by atoms with Crippen LogP contribution < -0.4 is 10.1 Å². The van der Waals surface area contributed by atoms with Crippen LogP contribution in [0, 0.1) is 11.8 Å². The van der Waals surface area contributed by atoms with Gasteiger partial charge in [0.05, 0.1) is 0 Å². The van der Waals surface area contributed by atoms with Crippen molar-refractivity contribution in [3.05, 3.63) is 23.9 Å². The Hall–Kier alpha value is -1.09. The SMILES string of the molecule is CCNC(C)c1cccnc1OC1CCC(C)C(C)C1. The van der Waals surface area contributed by atoms with Crippen LogP contribution in [0.5, 0.6) is 5.88 Å². The Morgan fingerprint density at radius 3 is 2.85 bits per heavy atom. The molecule has 4 atom stereocenters. The molecule has 0 spiro atoms. The van der Waals surface area contributed by atoms with E-state index in [4.69, 9.17) is 4.74 Å². The molecule has 1 fully saturated rings.